The van der Waals surface area contributed by atoms with E-state index in [9.17, 15) is 0 Å². The van der Waals surface area contributed by atoms with E-state index in [-0.39, 0.29) is 0 Å². The molecule has 25 heavy (non-hydrogen) atoms. The van der Waals surface area contributed by atoms with Crippen molar-refractivity contribution in [3.8, 4) is 0 Å². The molecule has 2 aliphatic rings. The molecular weight excluding hydrogens is 316 g/mol. The molecule has 1 aliphatic carbocycles. The van der Waals surface area contributed by atoms with Gasteiger partial charge in [0.1, 0.15) is 18.0 Å². The van der Waals surface area contributed by atoms with Crippen LogP contribution < -0.4 is 16.4 Å². The summed E-state index contributed by atoms with van der Waals surface area (Å²) in [4.78, 5) is 8.15. The van der Waals surface area contributed by atoms with Gasteiger partial charge in [-0.15, -0.1) is 0 Å². The highest BCUT2D eigenvalue weighted by molar-refractivity contribution is 6.04. The average Bonchev–Trinajstić information content (AvgIpc) is 2.66. The third kappa shape index (κ3) is 7.79. The Balaban J connectivity index is 0.000000326. The quantitative estimate of drug-likeness (QED) is 0.624. The van der Waals surface area contributed by atoms with Crippen LogP contribution in [0.1, 0.15) is 58.4 Å². The van der Waals surface area contributed by atoms with Gasteiger partial charge in [0.05, 0.1) is 18.8 Å². The van der Waals surface area contributed by atoms with Gasteiger partial charge < -0.3 is 26.5 Å². The fourth-order valence-corrected chi connectivity index (χ4v) is 2.83. The molecule has 1 saturated heterocycles. The van der Waals surface area contributed by atoms with E-state index in [1.807, 2.05) is 13.8 Å². The van der Waals surface area contributed by atoms with Gasteiger partial charge in [0.2, 0.25) is 0 Å². The number of nitrogens with two attached hydrogens (primary N) is 1. The molecule has 2 fully saturated rings. The summed E-state index contributed by atoms with van der Waals surface area (Å²) in [6, 6.07) is 0.455. The highest BCUT2D eigenvalue weighted by Crippen LogP contribution is 2.24. The van der Waals surface area contributed by atoms with Gasteiger partial charge in [0, 0.05) is 24.8 Å². The molecular formula is C18H34N6O. The first-order chi connectivity index (χ1) is 12.2. The Labute approximate surface area is 151 Å². The first-order valence-electron chi connectivity index (χ1n) is 9.39. The molecule has 0 unspecified atom stereocenters. The normalized spacial score (nSPS) is 17.4. The maximum atomic E-state index is 7.73. The fraction of sp³-hybridized carbons (Fsp3) is 0.722. The lowest BCUT2D eigenvalue weighted by molar-refractivity contribution is 0.109. The van der Waals surface area contributed by atoms with Crippen LogP contribution in [0.25, 0.3) is 0 Å². The van der Waals surface area contributed by atoms with E-state index < -0.39 is 0 Å². The Morgan fingerprint density at radius 1 is 1.20 bits per heavy atom. The SMILES string of the molecule is C1COCCN1.CC.CC(=N)c1c(N)ncnc1NC1CCCCC1. The Morgan fingerprint density at radius 3 is 2.32 bits per heavy atom. The number of anilines is 2. The van der Waals surface area contributed by atoms with Crippen LogP contribution in [0, 0.1) is 5.41 Å². The van der Waals surface area contributed by atoms with Crippen molar-refractivity contribution in [1.29, 1.82) is 5.41 Å². The lowest BCUT2D eigenvalue weighted by Crippen LogP contribution is -2.30. The molecule has 142 valence electrons. The Kier molecular flexibility index (Phi) is 10.7. The number of nitrogens with zero attached hydrogens (tertiary/aromatic N) is 2. The second-order valence-corrected chi connectivity index (χ2v) is 5.95. The zero-order valence-electron chi connectivity index (χ0n) is 15.9. The zero-order chi connectivity index (χ0) is 18.5. The number of hydrogen-bond acceptors (Lipinski definition) is 7. The van der Waals surface area contributed by atoms with E-state index in [1.54, 1.807) is 6.92 Å². The minimum atomic E-state index is 0.380. The van der Waals surface area contributed by atoms with Gasteiger partial charge in [-0.05, 0) is 19.8 Å². The molecule has 2 heterocycles. The van der Waals surface area contributed by atoms with Crippen molar-refractivity contribution >= 4 is 17.3 Å². The number of ether oxygens (including phenoxy) is 1. The minimum absolute atomic E-state index is 0.380. The molecule has 1 saturated carbocycles. The van der Waals surface area contributed by atoms with Crippen LogP contribution in [0.15, 0.2) is 6.33 Å². The highest BCUT2D eigenvalue weighted by atomic mass is 16.5. The van der Waals surface area contributed by atoms with Crippen LogP contribution in [-0.4, -0.2) is 48.0 Å². The molecule has 0 spiro atoms. The van der Waals surface area contributed by atoms with Crippen molar-refractivity contribution in [1.82, 2.24) is 15.3 Å². The van der Waals surface area contributed by atoms with Crippen LogP contribution in [0.4, 0.5) is 11.6 Å². The third-order valence-corrected chi connectivity index (χ3v) is 4.04. The monoisotopic (exact) mass is 350 g/mol. The van der Waals surface area contributed by atoms with Gasteiger partial charge in [0.15, 0.2) is 0 Å². The van der Waals surface area contributed by atoms with Crippen molar-refractivity contribution in [2.75, 3.05) is 37.4 Å². The van der Waals surface area contributed by atoms with Crippen molar-refractivity contribution < 1.29 is 4.74 Å². The molecule has 3 rings (SSSR count). The number of morpholine rings is 1. The molecule has 7 heteroatoms. The van der Waals surface area contributed by atoms with Crippen molar-refractivity contribution in [2.24, 2.45) is 0 Å². The van der Waals surface area contributed by atoms with Gasteiger partial charge in [-0.1, -0.05) is 33.1 Å². The van der Waals surface area contributed by atoms with E-state index in [2.05, 4.69) is 20.6 Å². The smallest absolute Gasteiger partial charge is 0.140 e. The number of hydrogen-bond donors (Lipinski definition) is 4. The van der Waals surface area contributed by atoms with E-state index >= 15 is 0 Å². The molecule has 5 N–H and O–H groups in total. The van der Waals surface area contributed by atoms with Crippen LogP contribution in [-0.2, 0) is 4.74 Å². The van der Waals surface area contributed by atoms with Gasteiger partial charge in [0.25, 0.3) is 0 Å². The predicted molar refractivity (Wildman–Crippen MR) is 104 cm³/mol. The molecule has 1 aliphatic heterocycles. The fourth-order valence-electron chi connectivity index (χ4n) is 2.83. The summed E-state index contributed by atoms with van der Waals surface area (Å²) >= 11 is 0. The Bertz CT molecular complexity index is 487. The van der Waals surface area contributed by atoms with Crippen LogP contribution in [0.3, 0.4) is 0 Å². The summed E-state index contributed by atoms with van der Waals surface area (Å²) in [6.45, 7) is 9.54. The van der Waals surface area contributed by atoms with E-state index in [0.29, 0.717) is 29.0 Å². The molecule has 0 radical (unpaired) electrons. The topological polar surface area (TPSA) is 109 Å². The van der Waals surface area contributed by atoms with Gasteiger partial charge >= 0.3 is 0 Å². The summed E-state index contributed by atoms with van der Waals surface area (Å²) in [6.07, 6.45) is 7.63. The standard InChI is InChI=1S/C12H19N5.C4H9NO.C2H6/c1-8(13)10-11(14)15-7-16-12(10)17-9-5-3-2-4-6-9;1-3-6-4-2-5-1;1-2/h7,9,13H,2-6H2,1H3,(H3,14,15,16,17);5H,1-4H2;1-2H3. The number of nitrogens with one attached hydrogen (secondary N) is 3. The molecule has 1 aromatic rings. The van der Waals surface area contributed by atoms with Crippen molar-refractivity contribution in [2.45, 2.75) is 58.9 Å². The third-order valence-electron chi connectivity index (χ3n) is 4.04. The number of nitrogen functional groups attached to an aromatic ring is 1. The molecule has 0 amide bonds. The maximum absolute atomic E-state index is 7.73. The lowest BCUT2D eigenvalue weighted by atomic mass is 9.95. The van der Waals surface area contributed by atoms with Crippen molar-refractivity contribution in [3.05, 3.63) is 11.9 Å². The largest absolute Gasteiger partial charge is 0.383 e. The first-order valence-corrected chi connectivity index (χ1v) is 9.39. The molecule has 0 atom stereocenters. The van der Waals surface area contributed by atoms with E-state index in [0.717, 1.165) is 26.3 Å². The van der Waals surface area contributed by atoms with Crippen molar-refractivity contribution in [3.63, 3.8) is 0 Å². The van der Waals surface area contributed by atoms with Crippen LogP contribution >= 0.6 is 0 Å². The summed E-state index contributed by atoms with van der Waals surface area (Å²) < 4.78 is 5.01. The van der Waals surface area contributed by atoms with E-state index in [1.165, 1.54) is 38.4 Å². The summed E-state index contributed by atoms with van der Waals surface area (Å²) in [5, 5.41) is 14.3. The Morgan fingerprint density at radius 2 is 1.84 bits per heavy atom. The second kappa shape index (κ2) is 12.6. The summed E-state index contributed by atoms with van der Waals surface area (Å²) in [7, 11) is 0. The lowest BCUT2D eigenvalue weighted by Gasteiger charge is -2.24. The molecule has 7 nitrogen and oxygen atoms in total. The molecule has 0 bridgehead atoms. The summed E-state index contributed by atoms with van der Waals surface area (Å²) in [5.74, 6) is 1.09. The molecule has 0 aromatic carbocycles. The van der Waals surface area contributed by atoms with Crippen LogP contribution in [0.5, 0.6) is 0 Å². The average molecular weight is 351 g/mol. The van der Waals surface area contributed by atoms with Gasteiger partial charge in [-0.3, -0.25) is 0 Å². The first kappa shape index (κ1) is 21.3. The second-order valence-electron chi connectivity index (χ2n) is 5.95. The Hall–Kier alpha value is -1.73. The minimum Gasteiger partial charge on any atom is -0.383 e. The maximum Gasteiger partial charge on any atom is 0.140 e. The zero-order valence-corrected chi connectivity index (χ0v) is 15.9. The van der Waals surface area contributed by atoms with Crippen LogP contribution in [0.2, 0.25) is 0 Å². The molecule has 1 aromatic heterocycles. The number of rotatable bonds is 3. The van der Waals surface area contributed by atoms with E-state index in [4.69, 9.17) is 15.9 Å². The highest BCUT2D eigenvalue weighted by Gasteiger charge is 2.17. The van der Waals surface area contributed by atoms with Gasteiger partial charge in [-0.25, -0.2) is 9.97 Å². The summed E-state index contributed by atoms with van der Waals surface area (Å²) in [5.41, 5.74) is 6.84. The van der Waals surface area contributed by atoms with Gasteiger partial charge in [-0.2, -0.15) is 0 Å². The predicted octanol–water partition coefficient (Wildman–Crippen LogP) is 2.82. The number of aromatic nitrogens is 2.